The molecular formula is C23H23BrN2O6. The minimum absolute atomic E-state index is 0.0125. The van der Waals surface area contributed by atoms with Gasteiger partial charge in [0.15, 0.2) is 11.5 Å². The molecule has 1 saturated heterocycles. The Morgan fingerprint density at radius 3 is 2.38 bits per heavy atom. The van der Waals surface area contributed by atoms with Crippen LogP contribution in [0.4, 0.5) is 10.5 Å². The van der Waals surface area contributed by atoms with Crippen LogP contribution < -0.4 is 14.4 Å². The Morgan fingerprint density at radius 2 is 1.75 bits per heavy atom. The predicted octanol–water partition coefficient (Wildman–Crippen LogP) is 3.88. The van der Waals surface area contributed by atoms with E-state index in [1.54, 1.807) is 42.5 Å². The van der Waals surface area contributed by atoms with E-state index in [1.807, 2.05) is 6.92 Å². The molecule has 3 rings (SSSR count). The number of carbonyl (C=O) groups excluding carboxylic acids is 3. The maximum absolute atomic E-state index is 13.3. The predicted molar refractivity (Wildman–Crippen MR) is 123 cm³/mol. The zero-order chi connectivity index (χ0) is 23.3. The van der Waals surface area contributed by atoms with Crippen LogP contribution in [0.1, 0.15) is 12.5 Å². The standard InChI is InChI=1S/C23H23BrN2O6/c1-4-32-19-14-15(13-18(24)20(19)31-3)12-17-21(27)25(10-11-30-2)23(29)26(22(17)28)16-8-6-5-7-9-16/h5-9,12-14H,4,10-11H2,1-3H3/b17-12-. The third-order valence-electron chi connectivity index (χ3n) is 4.71. The molecule has 0 unspecified atom stereocenters. The largest absolute Gasteiger partial charge is 0.492 e. The van der Waals surface area contributed by atoms with Crippen molar-refractivity contribution in [1.29, 1.82) is 0 Å². The number of methoxy groups -OCH3 is 2. The van der Waals surface area contributed by atoms with Gasteiger partial charge in [0.1, 0.15) is 5.57 Å². The van der Waals surface area contributed by atoms with Gasteiger partial charge in [0.25, 0.3) is 11.8 Å². The van der Waals surface area contributed by atoms with E-state index < -0.39 is 17.8 Å². The summed E-state index contributed by atoms with van der Waals surface area (Å²) in [5.41, 5.74) is 0.755. The van der Waals surface area contributed by atoms with Crippen molar-refractivity contribution in [2.24, 2.45) is 0 Å². The molecule has 9 heteroatoms. The maximum atomic E-state index is 13.3. The van der Waals surface area contributed by atoms with E-state index in [4.69, 9.17) is 14.2 Å². The number of benzene rings is 2. The Labute approximate surface area is 194 Å². The highest BCUT2D eigenvalue weighted by atomic mass is 79.9. The number of imide groups is 2. The van der Waals surface area contributed by atoms with Gasteiger partial charge in [0.2, 0.25) is 0 Å². The second kappa shape index (κ2) is 10.4. The first kappa shape index (κ1) is 23.5. The molecule has 0 radical (unpaired) electrons. The summed E-state index contributed by atoms with van der Waals surface area (Å²) in [5, 5.41) is 0. The SMILES string of the molecule is CCOc1cc(/C=C2/C(=O)N(CCOC)C(=O)N(c3ccccc3)C2=O)cc(Br)c1OC. The molecular weight excluding hydrogens is 480 g/mol. The van der Waals surface area contributed by atoms with Crippen molar-refractivity contribution in [2.75, 3.05) is 38.9 Å². The number of nitrogens with zero attached hydrogens (tertiary/aromatic N) is 2. The lowest BCUT2D eigenvalue weighted by Gasteiger charge is -2.33. The normalized spacial score (nSPS) is 15.5. The van der Waals surface area contributed by atoms with Crippen LogP contribution >= 0.6 is 15.9 Å². The van der Waals surface area contributed by atoms with Crippen LogP contribution in [-0.2, 0) is 14.3 Å². The fraction of sp³-hybridized carbons (Fsp3) is 0.261. The topological polar surface area (TPSA) is 85.4 Å². The Hall–Kier alpha value is -3.17. The summed E-state index contributed by atoms with van der Waals surface area (Å²) in [5.74, 6) is -0.434. The van der Waals surface area contributed by atoms with E-state index >= 15 is 0 Å². The molecule has 1 fully saturated rings. The van der Waals surface area contributed by atoms with Gasteiger partial charge in [-0.25, -0.2) is 9.69 Å². The number of urea groups is 1. The summed E-state index contributed by atoms with van der Waals surface area (Å²) in [4.78, 5) is 41.4. The minimum atomic E-state index is -0.716. The number of rotatable bonds is 8. The van der Waals surface area contributed by atoms with Crippen LogP contribution in [0.15, 0.2) is 52.5 Å². The summed E-state index contributed by atoms with van der Waals surface area (Å²) in [6, 6.07) is 11.1. The fourth-order valence-electron chi connectivity index (χ4n) is 3.26. The summed E-state index contributed by atoms with van der Waals surface area (Å²) < 4.78 is 16.6. The van der Waals surface area contributed by atoms with Gasteiger partial charge in [-0.1, -0.05) is 18.2 Å². The van der Waals surface area contributed by atoms with Gasteiger partial charge in [-0.2, -0.15) is 0 Å². The fourth-order valence-corrected chi connectivity index (χ4v) is 3.88. The summed E-state index contributed by atoms with van der Waals surface area (Å²) in [7, 11) is 2.99. The molecule has 0 N–H and O–H groups in total. The second-order valence-electron chi connectivity index (χ2n) is 6.73. The second-order valence-corrected chi connectivity index (χ2v) is 7.59. The number of anilines is 1. The van der Waals surface area contributed by atoms with Crippen molar-refractivity contribution in [1.82, 2.24) is 4.90 Å². The molecule has 0 aromatic heterocycles. The molecule has 0 saturated carbocycles. The third-order valence-corrected chi connectivity index (χ3v) is 5.30. The molecule has 32 heavy (non-hydrogen) atoms. The average molecular weight is 503 g/mol. The van der Waals surface area contributed by atoms with Crippen LogP contribution in [0, 0.1) is 0 Å². The third kappa shape index (κ3) is 4.68. The monoisotopic (exact) mass is 502 g/mol. The number of ether oxygens (including phenoxy) is 3. The van der Waals surface area contributed by atoms with E-state index in [0.717, 1.165) is 9.80 Å². The minimum Gasteiger partial charge on any atom is -0.492 e. The molecule has 1 aliphatic heterocycles. The lowest BCUT2D eigenvalue weighted by molar-refractivity contribution is -0.129. The van der Waals surface area contributed by atoms with Gasteiger partial charge >= 0.3 is 6.03 Å². The Morgan fingerprint density at radius 1 is 1.03 bits per heavy atom. The van der Waals surface area contributed by atoms with Crippen LogP contribution in [-0.4, -0.2) is 56.7 Å². The molecule has 1 heterocycles. The molecule has 168 valence electrons. The number of hydrogen-bond acceptors (Lipinski definition) is 6. The van der Waals surface area contributed by atoms with Gasteiger partial charge in [-0.3, -0.25) is 14.5 Å². The van der Waals surface area contributed by atoms with E-state index in [-0.39, 0.29) is 18.7 Å². The number of para-hydroxylation sites is 1. The maximum Gasteiger partial charge on any atom is 0.338 e. The molecule has 2 aromatic rings. The van der Waals surface area contributed by atoms with Gasteiger partial charge in [0, 0.05) is 7.11 Å². The Kier molecular flexibility index (Phi) is 7.66. The van der Waals surface area contributed by atoms with Crippen molar-refractivity contribution in [2.45, 2.75) is 6.92 Å². The van der Waals surface area contributed by atoms with E-state index in [2.05, 4.69) is 15.9 Å². The molecule has 1 aliphatic rings. The van der Waals surface area contributed by atoms with Crippen molar-refractivity contribution in [3.63, 3.8) is 0 Å². The summed E-state index contributed by atoms with van der Waals surface area (Å²) in [6.45, 7) is 2.40. The zero-order valence-corrected chi connectivity index (χ0v) is 19.5. The van der Waals surface area contributed by atoms with Gasteiger partial charge in [-0.05, 0) is 58.8 Å². The first-order chi connectivity index (χ1) is 15.4. The van der Waals surface area contributed by atoms with E-state index in [0.29, 0.717) is 33.8 Å². The van der Waals surface area contributed by atoms with Crippen LogP contribution in [0.3, 0.4) is 0 Å². The lowest BCUT2D eigenvalue weighted by Crippen LogP contribution is -2.57. The van der Waals surface area contributed by atoms with Crippen molar-refractivity contribution >= 4 is 45.5 Å². The number of amides is 4. The molecule has 0 spiro atoms. The van der Waals surface area contributed by atoms with Crippen molar-refractivity contribution in [3.8, 4) is 11.5 Å². The van der Waals surface area contributed by atoms with Crippen LogP contribution in [0.5, 0.6) is 11.5 Å². The smallest absolute Gasteiger partial charge is 0.338 e. The lowest BCUT2D eigenvalue weighted by atomic mass is 10.0. The van der Waals surface area contributed by atoms with E-state index in [1.165, 1.54) is 20.3 Å². The summed E-state index contributed by atoms with van der Waals surface area (Å²) in [6.07, 6.45) is 1.44. The van der Waals surface area contributed by atoms with Gasteiger partial charge < -0.3 is 14.2 Å². The van der Waals surface area contributed by atoms with Crippen LogP contribution in [0.2, 0.25) is 0 Å². The molecule has 8 nitrogen and oxygen atoms in total. The molecule has 4 amide bonds. The highest BCUT2D eigenvalue weighted by Crippen LogP contribution is 2.37. The highest BCUT2D eigenvalue weighted by Gasteiger charge is 2.42. The number of halogens is 1. The van der Waals surface area contributed by atoms with Gasteiger partial charge in [-0.15, -0.1) is 0 Å². The van der Waals surface area contributed by atoms with Crippen molar-refractivity contribution in [3.05, 3.63) is 58.1 Å². The first-order valence-electron chi connectivity index (χ1n) is 9.89. The Bertz CT molecular complexity index is 1050. The average Bonchev–Trinajstić information content (AvgIpc) is 2.77. The van der Waals surface area contributed by atoms with E-state index in [9.17, 15) is 14.4 Å². The number of barbiturate groups is 1. The highest BCUT2D eigenvalue weighted by molar-refractivity contribution is 9.10. The zero-order valence-electron chi connectivity index (χ0n) is 18.0. The Balaban J connectivity index is 2.11. The number of carbonyl (C=O) groups is 3. The van der Waals surface area contributed by atoms with Gasteiger partial charge in [0.05, 0.1) is 37.0 Å². The number of hydrogen-bond donors (Lipinski definition) is 0. The molecule has 0 atom stereocenters. The van der Waals surface area contributed by atoms with Crippen LogP contribution in [0.25, 0.3) is 6.08 Å². The molecule has 0 aliphatic carbocycles. The summed E-state index contributed by atoms with van der Waals surface area (Å²) >= 11 is 3.43. The van der Waals surface area contributed by atoms with Crippen molar-refractivity contribution < 1.29 is 28.6 Å². The molecule has 0 bridgehead atoms. The molecule has 2 aromatic carbocycles. The first-order valence-corrected chi connectivity index (χ1v) is 10.7. The quantitative estimate of drug-likeness (QED) is 0.402.